The number of hydrogen-bond acceptors (Lipinski definition) is 11. The summed E-state index contributed by atoms with van der Waals surface area (Å²) in [5.41, 5.74) is -2.79. The third-order valence-corrected chi connectivity index (χ3v) is 4.18. The molecule has 3 rings (SSSR count). The van der Waals surface area contributed by atoms with Gasteiger partial charge in [-0.25, -0.2) is 0 Å². The molecule has 170 valence electrons. The molecule has 1 aliphatic heterocycles. The van der Waals surface area contributed by atoms with Crippen molar-refractivity contribution in [1.82, 2.24) is 0 Å². The molecule has 1 atom stereocenters. The van der Waals surface area contributed by atoms with Gasteiger partial charge in [-0.15, -0.1) is 0 Å². The first-order chi connectivity index (χ1) is 15.1. The molecule has 1 saturated heterocycles. The number of phenolic OH excluding ortho intramolecular Hbond substituents is 1. The Bertz CT molecular complexity index is 1040. The quantitative estimate of drug-likeness (QED) is 0.475. The van der Waals surface area contributed by atoms with Gasteiger partial charge in [-0.2, -0.15) is 0 Å². The summed E-state index contributed by atoms with van der Waals surface area (Å²) >= 11 is 0. The van der Waals surface area contributed by atoms with Crippen molar-refractivity contribution >= 4 is 22.7 Å². The fraction of sp³-hybridized carbons (Fsp3) is 0.294. The van der Waals surface area contributed by atoms with Crippen LogP contribution in [0.2, 0.25) is 0 Å². The number of nitro benzene ring substituents is 4. The average Bonchev–Trinajstić information content (AvgIpc) is 3.25. The van der Waals surface area contributed by atoms with Gasteiger partial charge in [0, 0.05) is 18.7 Å². The molecule has 0 spiro atoms. The smallest absolute Gasteiger partial charge is 0.387 e. The van der Waals surface area contributed by atoms with E-state index in [1.807, 2.05) is 0 Å². The standard InChI is InChI=1S/C11H12N2O6.C6H4N2O5/c14-12(15)9-4-1-5-10(11(9)13(16)17)19-7-8-3-2-6-18-8;9-5-3-1-2-4(7(10)11)6(5)8(12)13/h1,4-5,8H,2-3,6-7H2;1-3,9H/t8-;/m0./s1. The van der Waals surface area contributed by atoms with Crippen molar-refractivity contribution in [3.63, 3.8) is 0 Å². The first-order valence-electron chi connectivity index (χ1n) is 8.90. The number of rotatable bonds is 7. The van der Waals surface area contributed by atoms with E-state index < -0.39 is 48.2 Å². The Morgan fingerprint density at radius 2 is 1.44 bits per heavy atom. The van der Waals surface area contributed by atoms with Crippen LogP contribution in [0, 0.1) is 40.5 Å². The second-order valence-corrected chi connectivity index (χ2v) is 6.24. The molecule has 1 aliphatic rings. The predicted octanol–water partition coefficient (Wildman–Crippen LogP) is 3.27. The Labute approximate surface area is 178 Å². The Kier molecular flexibility index (Phi) is 7.89. The molecule has 1 heterocycles. The van der Waals surface area contributed by atoms with Gasteiger partial charge in [0.2, 0.25) is 11.5 Å². The maximum Gasteiger partial charge on any atom is 0.387 e. The van der Waals surface area contributed by atoms with E-state index in [2.05, 4.69) is 0 Å². The zero-order chi connectivity index (χ0) is 23.8. The summed E-state index contributed by atoms with van der Waals surface area (Å²) in [5, 5.41) is 51.2. The molecule has 1 fully saturated rings. The number of nitro groups is 4. The number of aromatic hydroxyl groups is 1. The van der Waals surface area contributed by atoms with E-state index in [0.29, 0.717) is 6.61 Å². The highest BCUT2D eigenvalue weighted by atomic mass is 16.7. The number of phenols is 1. The van der Waals surface area contributed by atoms with Crippen LogP contribution >= 0.6 is 0 Å². The third-order valence-electron chi connectivity index (χ3n) is 4.18. The zero-order valence-electron chi connectivity index (χ0n) is 16.2. The summed E-state index contributed by atoms with van der Waals surface area (Å²) in [7, 11) is 0. The molecule has 1 N–H and O–H groups in total. The van der Waals surface area contributed by atoms with Crippen molar-refractivity contribution in [3.8, 4) is 11.5 Å². The molecule has 0 saturated carbocycles. The molecule has 32 heavy (non-hydrogen) atoms. The van der Waals surface area contributed by atoms with E-state index in [-0.39, 0.29) is 18.5 Å². The second kappa shape index (κ2) is 10.6. The summed E-state index contributed by atoms with van der Waals surface area (Å²) in [5.74, 6) is -0.811. The lowest BCUT2D eigenvalue weighted by atomic mass is 10.2. The van der Waals surface area contributed by atoms with Crippen LogP contribution in [-0.2, 0) is 4.74 Å². The summed E-state index contributed by atoms with van der Waals surface area (Å²) in [6.07, 6.45) is 1.63. The largest absolute Gasteiger partial charge is 0.502 e. The highest BCUT2D eigenvalue weighted by Crippen LogP contribution is 2.36. The first kappa shape index (κ1) is 23.9. The molecule has 0 amide bonds. The van der Waals surface area contributed by atoms with Crippen molar-refractivity contribution in [2.75, 3.05) is 13.2 Å². The fourth-order valence-corrected chi connectivity index (χ4v) is 2.77. The monoisotopic (exact) mass is 452 g/mol. The minimum absolute atomic E-state index is 0.102. The Balaban J connectivity index is 0.000000244. The molecule has 2 aromatic rings. The molecule has 0 aromatic heterocycles. The summed E-state index contributed by atoms with van der Waals surface area (Å²) in [6, 6.07) is 6.93. The van der Waals surface area contributed by atoms with Gasteiger partial charge in [-0.3, -0.25) is 40.5 Å². The van der Waals surface area contributed by atoms with Gasteiger partial charge in [0.25, 0.3) is 0 Å². The molecular weight excluding hydrogens is 436 g/mol. The molecular formula is C17H16N4O11. The van der Waals surface area contributed by atoms with Crippen molar-refractivity contribution in [2.24, 2.45) is 0 Å². The van der Waals surface area contributed by atoms with Crippen molar-refractivity contribution < 1.29 is 34.3 Å². The maximum absolute atomic E-state index is 10.9. The van der Waals surface area contributed by atoms with Crippen molar-refractivity contribution in [3.05, 3.63) is 76.9 Å². The van der Waals surface area contributed by atoms with E-state index in [4.69, 9.17) is 14.6 Å². The number of para-hydroxylation sites is 2. The molecule has 0 aliphatic carbocycles. The lowest BCUT2D eigenvalue weighted by molar-refractivity contribution is -0.423. The fourth-order valence-electron chi connectivity index (χ4n) is 2.77. The van der Waals surface area contributed by atoms with Crippen LogP contribution < -0.4 is 4.74 Å². The zero-order valence-corrected chi connectivity index (χ0v) is 16.2. The van der Waals surface area contributed by atoms with Crippen LogP contribution in [0.1, 0.15) is 12.8 Å². The summed E-state index contributed by atoms with van der Waals surface area (Å²) in [4.78, 5) is 38.7. The van der Waals surface area contributed by atoms with Crippen LogP contribution in [0.25, 0.3) is 0 Å². The molecule has 0 radical (unpaired) electrons. The molecule has 0 unspecified atom stereocenters. The van der Waals surface area contributed by atoms with Crippen LogP contribution in [-0.4, -0.2) is 44.1 Å². The summed E-state index contributed by atoms with van der Waals surface area (Å²) < 4.78 is 10.6. The average molecular weight is 452 g/mol. The van der Waals surface area contributed by atoms with E-state index >= 15 is 0 Å². The van der Waals surface area contributed by atoms with Gasteiger partial charge in [0.15, 0.2) is 0 Å². The number of hydrogen-bond donors (Lipinski definition) is 1. The SMILES string of the molecule is O=[N+]([O-])c1cccc(O)c1[N+](=O)[O-].O=[N+]([O-])c1cccc(OC[C@@H]2CCCO2)c1[N+](=O)[O-]. The van der Waals surface area contributed by atoms with Crippen LogP contribution in [0.5, 0.6) is 11.5 Å². The van der Waals surface area contributed by atoms with E-state index in [1.54, 1.807) is 0 Å². The van der Waals surface area contributed by atoms with Crippen LogP contribution in [0.15, 0.2) is 36.4 Å². The van der Waals surface area contributed by atoms with Gasteiger partial charge >= 0.3 is 22.7 Å². The Hall–Kier alpha value is -4.40. The van der Waals surface area contributed by atoms with E-state index in [0.717, 1.165) is 31.0 Å². The third kappa shape index (κ3) is 5.82. The highest BCUT2D eigenvalue weighted by molar-refractivity contribution is 5.62. The van der Waals surface area contributed by atoms with Gasteiger partial charge in [-0.05, 0) is 25.0 Å². The Morgan fingerprint density at radius 3 is 1.91 bits per heavy atom. The second-order valence-electron chi connectivity index (χ2n) is 6.24. The predicted molar refractivity (Wildman–Crippen MR) is 106 cm³/mol. The van der Waals surface area contributed by atoms with E-state index in [1.165, 1.54) is 18.2 Å². The minimum Gasteiger partial charge on any atom is -0.502 e. The van der Waals surface area contributed by atoms with Gasteiger partial charge in [0.1, 0.15) is 6.61 Å². The van der Waals surface area contributed by atoms with Gasteiger partial charge in [0.05, 0.1) is 25.8 Å². The maximum atomic E-state index is 10.9. The lowest BCUT2D eigenvalue weighted by Crippen LogP contribution is -2.16. The molecule has 0 bridgehead atoms. The molecule has 15 nitrogen and oxygen atoms in total. The minimum atomic E-state index is -0.993. The normalized spacial score (nSPS) is 14.7. The van der Waals surface area contributed by atoms with E-state index in [9.17, 15) is 40.5 Å². The highest BCUT2D eigenvalue weighted by Gasteiger charge is 2.30. The number of benzene rings is 2. The Morgan fingerprint density at radius 1 is 0.875 bits per heavy atom. The van der Waals surface area contributed by atoms with Crippen LogP contribution in [0.3, 0.4) is 0 Å². The summed E-state index contributed by atoms with van der Waals surface area (Å²) in [6.45, 7) is 0.799. The van der Waals surface area contributed by atoms with Crippen molar-refractivity contribution in [2.45, 2.75) is 18.9 Å². The van der Waals surface area contributed by atoms with Crippen LogP contribution in [0.4, 0.5) is 22.7 Å². The molecule has 15 heteroatoms. The number of nitrogens with zero attached hydrogens (tertiary/aromatic N) is 4. The lowest BCUT2D eigenvalue weighted by Gasteiger charge is -2.11. The first-order valence-corrected chi connectivity index (χ1v) is 8.90. The van der Waals surface area contributed by atoms with Gasteiger partial charge in [-0.1, -0.05) is 12.1 Å². The van der Waals surface area contributed by atoms with Gasteiger partial charge < -0.3 is 14.6 Å². The van der Waals surface area contributed by atoms with Crippen molar-refractivity contribution in [1.29, 1.82) is 0 Å². The molecule has 2 aromatic carbocycles. The topological polar surface area (TPSA) is 211 Å². The number of ether oxygens (including phenoxy) is 2.